The molecule has 3 rings (SSSR count). The highest BCUT2D eigenvalue weighted by molar-refractivity contribution is 5.98. The van der Waals surface area contributed by atoms with Crippen LogP contribution < -0.4 is 10.1 Å². The lowest BCUT2D eigenvalue weighted by atomic mass is 10.1. The summed E-state index contributed by atoms with van der Waals surface area (Å²) in [6, 6.07) is 17.2. The van der Waals surface area contributed by atoms with Crippen LogP contribution in [0.2, 0.25) is 0 Å². The van der Waals surface area contributed by atoms with Gasteiger partial charge in [0.2, 0.25) is 0 Å². The summed E-state index contributed by atoms with van der Waals surface area (Å²) >= 11 is 0. The van der Waals surface area contributed by atoms with E-state index < -0.39 is 0 Å². The first-order valence-electron chi connectivity index (χ1n) is 7.58. The molecule has 1 amide bonds. The third-order valence-electron chi connectivity index (χ3n) is 3.42. The van der Waals surface area contributed by atoms with Crippen molar-refractivity contribution >= 4 is 16.7 Å². The van der Waals surface area contributed by atoms with Crippen molar-refractivity contribution in [2.45, 2.75) is 0 Å². The van der Waals surface area contributed by atoms with E-state index in [1.165, 1.54) is 0 Å². The monoisotopic (exact) mass is 316 g/mol. The van der Waals surface area contributed by atoms with Gasteiger partial charge in [0.05, 0.1) is 12.7 Å². The molecule has 0 unspecified atom stereocenters. The average molecular weight is 316 g/mol. The van der Waals surface area contributed by atoms with E-state index in [4.69, 9.17) is 4.74 Å². The Balaban J connectivity index is 1.49. The number of benzene rings is 2. The Kier molecular flexibility index (Phi) is 5.06. The number of hydrogen-bond donors (Lipinski definition) is 1. The van der Waals surface area contributed by atoms with Gasteiger partial charge in [-0.25, -0.2) is 0 Å². The van der Waals surface area contributed by atoms with Crippen LogP contribution in [0.1, 0.15) is 10.4 Å². The highest BCUT2D eigenvalue weighted by Crippen LogP contribution is 2.15. The van der Waals surface area contributed by atoms with Crippen LogP contribution >= 0.6 is 0 Å². The maximum absolute atomic E-state index is 12.1. The van der Waals surface area contributed by atoms with Crippen LogP contribution in [0, 0.1) is 11.8 Å². The summed E-state index contributed by atoms with van der Waals surface area (Å²) in [6.45, 7) is 0.541. The lowest BCUT2D eigenvalue weighted by molar-refractivity contribution is 0.0959. The second-order valence-corrected chi connectivity index (χ2v) is 5.08. The summed E-state index contributed by atoms with van der Waals surface area (Å²) in [6.07, 6.45) is 3.31. The number of hydrogen-bond acceptors (Lipinski definition) is 3. The average Bonchev–Trinajstić information content (AvgIpc) is 2.65. The van der Waals surface area contributed by atoms with Crippen molar-refractivity contribution in [2.24, 2.45) is 0 Å². The molecule has 24 heavy (non-hydrogen) atoms. The highest BCUT2D eigenvalue weighted by atomic mass is 16.5. The molecule has 118 valence electrons. The van der Waals surface area contributed by atoms with E-state index in [9.17, 15) is 4.79 Å². The minimum atomic E-state index is -0.136. The van der Waals surface area contributed by atoms with Crippen LogP contribution in [0.5, 0.6) is 5.75 Å². The van der Waals surface area contributed by atoms with E-state index in [-0.39, 0.29) is 19.1 Å². The summed E-state index contributed by atoms with van der Waals surface area (Å²) in [4.78, 5) is 16.1. The van der Waals surface area contributed by atoms with Crippen molar-refractivity contribution in [3.8, 4) is 17.6 Å². The summed E-state index contributed by atoms with van der Waals surface area (Å²) < 4.78 is 5.40. The number of aromatic nitrogens is 1. The number of carbonyl (C=O) groups excluding carboxylic acids is 1. The maximum atomic E-state index is 12.1. The van der Waals surface area contributed by atoms with Gasteiger partial charge in [0.15, 0.2) is 0 Å². The smallest absolute Gasteiger partial charge is 0.252 e. The molecule has 0 saturated heterocycles. The molecular weight excluding hydrogens is 300 g/mol. The fourth-order valence-corrected chi connectivity index (χ4v) is 2.22. The Morgan fingerprint density at radius 2 is 1.92 bits per heavy atom. The summed E-state index contributed by atoms with van der Waals surface area (Å²) in [5.41, 5.74) is 0.627. The minimum Gasteiger partial charge on any atom is -0.479 e. The van der Waals surface area contributed by atoms with Crippen LogP contribution in [0.4, 0.5) is 0 Å². The van der Waals surface area contributed by atoms with Gasteiger partial charge in [0.25, 0.3) is 5.91 Å². The van der Waals surface area contributed by atoms with Crippen molar-refractivity contribution in [1.82, 2.24) is 10.3 Å². The molecular formula is C20H16N2O2. The first-order chi connectivity index (χ1) is 11.8. The molecule has 0 atom stereocenters. The second-order valence-electron chi connectivity index (χ2n) is 5.08. The molecule has 0 aliphatic rings. The van der Waals surface area contributed by atoms with Gasteiger partial charge < -0.3 is 10.1 Å². The van der Waals surface area contributed by atoms with E-state index in [0.29, 0.717) is 11.3 Å². The van der Waals surface area contributed by atoms with E-state index in [1.54, 1.807) is 18.5 Å². The van der Waals surface area contributed by atoms with Gasteiger partial charge in [-0.05, 0) is 35.0 Å². The molecule has 0 bridgehead atoms. The highest BCUT2D eigenvalue weighted by Gasteiger charge is 2.04. The SMILES string of the molecule is O=C(NCC#CCOc1cccnc1)c1ccc2ccccc2c1. The molecule has 0 saturated carbocycles. The van der Waals surface area contributed by atoms with E-state index >= 15 is 0 Å². The molecule has 1 N–H and O–H groups in total. The van der Waals surface area contributed by atoms with Gasteiger partial charge in [-0.2, -0.15) is 0 Å². The van der Waals surface area contributed by atoms with E-state index in [1.807, 2.05) is 48.5 Å². The van der Waals surface area contributed by atoms with Gasteiger partial charge in [-0.3, -0.25) is 9.78 Å². The number of ether oxygens (including phenoxy) is 1. The first-order valence-corrected chi connectivity index (χ1v) is 7.58. The zero-order valence-corrected chi connectivity index (χ0v) is 13.0. The van der Waals surface area contributed by atoms with Crippen molar-refractivity contribution < 1.29 is 9.53 Å². The molecule has 0 aliphatic carbocycles. The zero-order valence-electron chi connectivity index (χ0n) is 13.0. The predicted molar refractivity (Wildman–Crippen MR) is 93.8 cm³/mol. The molecule has 0 radical (unpaired) electrons. The Hall–Kier alpha value is -3.32. The number of pyridine rings is 1. The lowest BCUT2D eigenvalue weighted by Crippen LogP contribution is -2.23. The molecule has 1 heterocycles. The number of fused-ring (bicyclic) bond motifs is 1. The van der Waals surface area contributed by atoms with Gasteiger partial charge in [-0.15, -0.1) is 0 Å². The minimum absolute atomic E-state index is 0.136. The van der Waals surface area contributed by atoms with Crippen LogP contribution in [0.25, 0.3) is 10.8 Å². The fraction of sp³-hybridized carbons (Fsp3) is 0.100. The maximum Gasteiger partial charge on any atom is 0.252 e. The normalized spacial score (nSPS) is 9.83. The molecule has 0 fully saturated rings. The van der Waals surface area contributed by atoms with E-state index in [0.717, 1.165) is 10.8 Å². The number of amides is 1. The van der Waals surface area contributed by atoms with Gasteiger partial charge in [-0.1, -0.05) is 42.2 Å². The Morgan fingerprint density at radius 1 is 1.04 bits per heavy atom. The molecule has 2 aromatic carbocycles. The number of rotatable bonds is 4. The van der Waals surface area contributed by atoms with Crippen molar-refractivity contribution in [3.63, 3.8) is 0 Å². The second kappa shape index (κ2) is 7.80. The zero-order chi connectivity index (χ0) is 16.6. The van der Waals surface area contributed by atoms with Crippen LogP contribution in [0.3, 0.4) is 0 Å². The Labute approximate surface area is 140 Å². The lowest BCUT2D eigenvalue weighted by Gasteiger charge is -2.03. The van der Waals surface area contributed by atoms with Crippen LogP contribution in [0.15, 0.2) is 67.0 Å². The quantitative estimate of drug-likeness (QED) is 0.753. The predicted octanol–water partition coefficient (Wildman–Crippen LogP) is 3.05. The van der Waals surface area contributed by atoms with Crippen molar-refractivity contribution in [1.29, 1.82) is 0 Å². The number of nitrogens with one attached hydrogen (secondary N) is 1. The standard InChI is InChI=1S/C20H16N2O2/c23-20(18-10-9-16-6-1-2-7-17(16)14-18)22-12-3-4-13-24-19-8-5-11-21-15-19/h1-2,5-11,14-15H,12-13H2,(H,22,23). The third-order valence-corrected chi connectivity index (χ3v) is 3.42. The molecule has 4 heteroatoms. The summed E-state index contributed by atoms with van der Waals surface area (Å²) in [5.74, 6) is 6.26. The third kappa shape index (κ3) is 4.11. The largest absolute Gasteiger partial charge is 0.479 e. The molecule has 0 spiro atoms. The summed E-state index contributed by atoms with van der Waals surface area (Å²) in [7, 11) is 0. The number of carbonyl (C=O) groups is 1. The van der Waals surface area contributed by atoms with Gasteiger partial charge >= 0.3 is 0 Å². The molecule has 4 nitrogen and oxygen atoms in total. The molecule has 1 aromatic heterocycles. The topological polar surface area (TPSA) is 51.2 Å². The van der Waals surface area contributed by atoms with E-state index in [2.05, 4.69) is 22.1 Å². The van der Waals surface area contributed by atoms with Crippen molar-refractivity contribution in [3.05, 3.63) is 72.6 Å². The molecule has 3 aromatic rings. The fourth-order valence-electron chi connectivity index (χ4n) is 2.22. The first kappa shape index (κ1) is 15.6. The Morgan fingerprint density at radius 3 is 2.75 bits per heavy atom. The summed E-state index contributed by atoms with van der Waals surface area (Å²) in [5, 5.41) is 4.94. The van der Waals surface area contributed by atoms with Gasteiger partial charge in [0.1, 0.15) is 12.4 Å². The van der Waals surface area contributed by atoms with Crippen LogP contribution in [-0.4, -0.2) is 24.0 Å². The van der Waals surface area contributed by atoms with Crippen molar-refractivity contribution in [2.75, 3.05) is 13.2 Å². The number of nitrogens with zero attached hydrogens (tertiary/aromatic N) is 1. The van der Waals surface area contributed by atoms with Gasteiger partial charge in [0, 0.05) is 11.8 Å². The molecule has 0 aliphatic heterocycles. The Bertz CT molecular complexity index is 895. The van der Waals surface area contributed by atoms with Crippen LogP contribution in [-0.2, 0) is 0 Å².